The molecule has 1 fully saturated rings. The number of carbonyl (C=O) groups excluding carboxylic acids is 1. The minimum absolute atomic E-state index is 0.0783. The fourth-order valence-corrected chi connectivity index (χ4v) is 5.41. The molecular weight excluding hydrogens is 546 g/mol. The zero-order valence-corrected chi connectivity index (χ0v) is 24.6. The number of β-amino-alcohol motifs (C(OH)–C–C–N with tert-alkyl or cyclic N) is 1. The van der Waals surface area contributed by atoms with E-state index in [0.717, 1.165) is 46.5 Å². The zero-order chi connectivity index (χ0) is 27.5. The third kappa shape index (κ3) is 6.84. The van der Waals surface area contributed by atoms with E-state index in [2.05, 4.69) is 98.1 Å². The van der Waals surface area contributed by atoms with Gasteiger partial charge in [-0.25, -0.2) is 14.8 Å². The number of H-pyrrole nitrogens is 1. The summed E-state index contributed by atoms with van der Waals surface area (Å²) in [5.41, 5.74) is 2.02. The van der Waals surface area contributed by atoms with Crippen molar-refractivity contribution < 1.29 is 9.90 Å². The number of aliphatic hydroxyl groups is 1. The van der Waals surface area contributed by atoms with Crippen LogP contribution in [0, 0.1) is 0 Å². The standard InChI is InChI=1S/C28H40BrN7O2/c1-19(2)35(13-6-12-30-26(37)34-21-9-7-20(8-10-21)27(3,4)5)16-28(38)11-14-36(17-28)25-23-22(29)15-31-24(23)32-18-33-25/h7-10,15,18-19,38H,6,11-14,16-17H2,1-5H3,(H2,30,34,37)(H,31,32,33). The van der Waals surface area contributed by atoms with Crippen molar-refractivity contribution >= 4 is 44.5 Å². The lowest BCUT2D eigenvalue weighted by atomic mass is 9.87. The number of aromatic amines is 1. The molecule has 206 valence electrons. The van der Waals surface area contributed by atoms with Crippen molar-refractivity contribution in [2.75, 3.05) is 42.9 Å². The minimum Gasteiger partial charge on any atom is -0.387 e. The highest BCUT2D eigenvalue weighted by atomic mass is 79.9. The maximum Gasteiger partial charge on any atom is 0.319 e. The number of nitrogens with one attached hydrogen (secondary N) is 3. The molecule has 0 aliphatic carbocycles. The molecule has 0 spiro atoms. The van der Waals surface area contributed by atoms with Crippen LogP contribution in [0.1, 0.15) is 53.0 Å². The van der Waals surface area contributed by atoms with Crippen LogP contribution in [0.5, 0.6) is 0 Å². The first-order chi connectivity index (χ1) is 17.9. The molecular formula is C28H40BrN7O2. The Bertz CT molecular complexity index is 1240. The summed E-state index contributed by atoms with van der Waals surface area (Å²) in [6, 6.07) is 8.04. The SMILES string of the molecule is CC(C)N(CCCNC(=O)Nc1ccc(C(C)(C)C)cc1)CC1(O)CCN(c2ncnc3[nH]cc(Br)c23)C1. The van der Waals surface area contributed by atoms with Gasteiger partial charge in [0.1, 0.15) is 17.8 Å². The molecule has 1 aliphatic rings. The van der Waals surface area contributed by atoms with Gasteiger partial charge in [0, 0.05) is 55.1 Å². The number of benzene rings is 1. The van der Waals surface area contributed by atoms with Gasteiger partial charge in [0.15, 0.2) is 0 Å². The van der Waals surface area contributed by atoms with Crippen LogP contribution >= 0.6 is 15.9 Å². The quantitative estimate of drug-likeness (QED) is 0.266. The van der Waals surface area contributed by atoms with E-state index in [-0.39, 0.29) is 17.5 Å². The average molecular weight is 587 g/mol. The Hall–Kier alpha value is -2.69. The first-order valence-electron chi connectivity index (χ1n) is 13.3. The Labute approximate surface area is 233 Å². The van der Waals surface area contributed by atoms with Gasteiger partial charge >= 0.3 is 6.03 Å². The number of urea groups is 1. The maximum atomic E-state index is 12.4. The molecule has 1 aromatic carbocycles. The van der Waals surface area contributed by atoms with E-state index in [1.165, 1.54) is 5.56 Å². The van der Waals surface area contributed by atoms with Gasteiger partial charge in [-0.2, -0.15) is 0 Å². The Kier molecular flexibility index (Phi) is 8.64. The minimum atomic E-state index is -0.839. The van der Waals surface area contributed by atoms with E-state index in [1.54, 1.807) is 6.33 Å². The fourth-order valence-electron chi connectivity index (χ4n) is 4.93. The second-order valence-electron chi connectivity index (χ2n) is 11.6. The lowest BCUT2D eigenvalue weighted by Gasteiger charge is -2.34. The molecule has 2 aromatic heterocycles. The Morgan fingerprint density at radius 2 is 2.00 bits per heavy atom. The monoisotopic (exact) mass is 585 g/mol. The predicted octanol–water partition coefficient (Wildman–Crippen LogP) is 4.88. The number of amides is 2. The van der Waals surface area contributed by atoms with Gasteiger partial charge in [-0.3, -0.25) is 4.90 Å². The number of nitrogens with zero attached hydrogens (tertiary/aromatic N) is 4. The molecule has 1 aliphatic heterocycles. The van der Waals surface area contributed by atoms with Gasteiger partial charge in [-0.05, 0) is 65.7 Å². The van der Waals surface area contributed by atoms with Crippen molar-refractivity contribution in [3.8, 4) is 0 Å². The van der Waals surface area contributed by atoms with E-state index in [0.29, 0.717) is 26.1 Å². The summed E-state index contributed by atoms with van der Waals surface area (Å²) in [5.74, 6) is 0.832. The Morgan fingerprint density at radius 3 is 2.68 bits per heavy atom. The molecule has 9 nitrogen and oxygen atoms in total. The van der Waals surface area contributed by atoms with E-state index in [9.17, 15) is 9.90 Å². The van der Waals surface area contributed by atoms with Crippen LogP contribution in [-0.4, -0.2) is 75.4 Å². The molecule has 3 aromatic rings. The highest BCUT2D eigenvalue weighted by molar-refractivity contribution is 9.10. The Morgan fingerprint density at radius 1 is 1.26 bits per heavy atom. The van der Waals surface area contributed by atoms with Crippen LogP contribution in [0.4, 0.5) is 16.3 Å². The normalized spacial score (nSPS) is 18.1. The highest BCUT2D eigenvalue weighted by Gasteiger charge is 2.39. The lowest BCUT2D eigenvalue weighted by molar-refractivity contribution is 0.0125. The summed E-state index contributed by atoms with van der Waals surface area (Å²) < 4.78 is 0.917. The average Bonchev–Trinajstić information content (AvgIpc) is 3.43. The number of rotatable bonds is 9. The second-order valence-corrected chi connectivity index (χ2v) is 12.4. The smallest absolute Gasteiger partial charge is 0.319 e. The first-order valence-corrected chi connectivity index (χ1v) is 14.1. The van der Waals surface area contributed by atoms with E-state index in [1.807, 2.05) is 18.3 Å². The van der Waals surface area contributed by atoms with Crippen LogP contribution in [-0.2, 0) is 5.41 Å². The first kappa shape index (κ1) is 28.3. The predicted molar refractivity (Wildman–Crippen MR) is 157 cm³/mol. The summed E-state index contributed by atoms with van der Waals surface area (Å²) in [6.07, 6.45) is 4.88. The molecule has 0 saturated carbocycles. The summed E-state index contributed by atoms with van der Waals surface area (Å²) in [5, 5.41) is 18.3. The zero-order valence-electron chi connectivity index (χ0n) is 23.0. The number of anilines is 2. The number of aromatic nitrogens is 3. The molecule has 4 rings (SSSR count). The van der Waals surface area contributed by atoms with Gasteiger partial charge in [0.05, 0.1) is 11.0 Å². The molecule has 0 radical (unpaired) electrons. The molecule has 3 heterocycles. The van der Waals surface area contributed by atoms with E-state index in [4.69, 9.17) is 0 Å². The maximum absolute atomic E-state index is 12.4. The van der Waals surface area contributed by atoms with Gasteiger partial charge in [0.2, 0.25) is 0 Å². The largest absolute Gasteiger partial charge is 0.387 e. The van der Waals surface area contributed by atoms with Crippen molar-refractivity contribution in [2.45, 2.75) is 64.5 Å². The molecule has 1 saturated heterocycles. The van der Waals surface area contributed by atoms with Gasteiger partial charge in [0.25, 0.3) is 0 Å². The van der Waals surface area contributed by atoms with Crippen LogP contribution in [0.2, 0.25) is 0 Å². The molecule has 38 heavy (non-hydrogen) atoms. The van der Waals surface area contributed by atoms with E-state index >= 15 is 0 Å². The fraction of sp³-hybridized carbons (Fsp3) is 0.536. The molecule has 1 unspecified atom stereocenters. The number of hydrogen-bond donors (Lipinski definition) is 4. The molecule has 1 atom stereocenters. The third-order valence-corrected chi connectivity index (χ3v) is 7.80. The number of hydrogen-bond acceptors (Lipinski definition) is 6. The van der Waals surface area contributed by atoms with Crippen LogP contribution in [0.25, 0.3) is 11.0 Å². The summed E-state index contributed by atoms with van der Waals surface area (Å²) in [7, 11) is 0. The highest BCUT2D eigenvalue weighted by Crippen LogP contribution is 2.34. The molecule has 10 heteroatoms. The molecule has 4 N–H and O–H groups in total. The summed E-state index contributed by atoms with van der Waals surface area (Å²) >= 11 is 3.58. The van der Waals surface area contributed by atoms with Crippen molar-refractivity contribution in [3.63, 3.8) is 0 Å². The second kappa shape index (κ2) is 11.6. The number of halogens is 1. The van der Waals surface area contributed by atoms with Gasteiger partial charge in [-0.1, -0.05) is 32.9 Å². The number of fused-ring (bicyclic) bond motifs is 1. The summed E-state index contributed by atoms with van der Waals surface area (Å²) in [4.78, 5) is 28.8. The van der Waals surface area contributed by atoms with Crippen molar-refractivity contribution in [2.24, 2.45) is 0 Å². The lowest BCUT2D eigenvalue weighted by Crippen LogP contribution is -2.48. The third-order valence-electron chi connectivity index (χ3n) is 7.18. The van der Waals surface area contributed by atoms with Crippen molar-refractivity contribution in [1.29, 1.82) is 0 Å². The van der Waals surface area contributed by atoms with Crippen molar-refractivity contribution in [3.05, 3.63) is 46.8 Å². The molecule has 0 bridgehead atoms. The van der Waals surface area contributed by atoms with Gasteiger partial charge in [-0.15, -0.1) is 0 Å². The van der Waals surface area contributed by atoms with E-state index < -0.39 is 5.60 Å². The number of carbonyl (C=O) groups is 1. The van der Waals surface area contributed by atoms with Crippen LogP contribution < -0.4 is 15.5 Å². The Balaban J connectivity index is 1.26. The van der Waals surface area contributed by atoms with Crippen molar-refractivity contribution in [1.82, 2.24) is 25.2 Å². The van der Waals surface area contributed by atoms with Gasteiger partial charge < -0.3 is 25.6 Å². The van der Waals surface area contributed by atoms with Crippen LogP contribution in [0.15, 0.2) is 41.3 Å². The molecule has 2 amide bonds. The summed E-state index contributed by atoms with van der Waals surface area (Å²) in [6.45, 7) is 13.9. The topological polar surface area (TPSA) is 109 Å². The van der Waals surface area contributed by atoms with Crippen LogP contribution in [0.3, 0.4) is 0 Å².